The standard InChI is InChI=1S/C18H19F2N3O2/c19-11-3-4-12(13(20)9-11)18(5-1-6-18)17(25)22-14-10-15(24)16(14)23-8-2-7-21-23/h2-4,7-9,14-16,24H,1,5-6,10H2,(H,22,25)/t14-,15+,16+/m0/s1. The number of hydrogen-bond donors (Lipinski definition) is 2. The first kappa shape index (κ1) is 16.2. The summed E-state index contributed by atoms with van der Waals surface area (Å²) in [6, 6.07) is 4.54. The molecule has 5 nitrogen and oxygen atoms in total. The van der Waals surface area contributed by atoms with Gasteiger partial charge in [0, 0.05) is 24.0 Å². The quantitative estimate of drug-likeness (QED) is 0.890. The Hall–Kier alpha value is -2.28. The Kier molecular flexibility index (Phi) is 3.83. The Bertz CT molecular complexity index is 790. The van der Waals surface area contributed by atoms with E-state index in [4.69, 9.17) is 0 Å². The fraction of sp³-hybridized carbons (Fsp3) is 0.444. The van der Waals surface area contributed by atoms with Crippen molar-refractivity contribution in [2.75, 3.05) is 0 Å². The number of benzene rings is 1. The van der Waals surface area contributed by atoms with Gasteiger partial charge in [-0.2, -0.15) is 5.10 Å². The molecule has 0 aliphatic heterocycles. The summed E-state index contributed by atoms with van der Waals surface area (Å²) in [5.74, 6) is -1.61. The van der Waals surface area contributed by atoms with Crippen LogP contribution < -0.4 is 5.32 Å². The molecule has 2 aliphatic rings. The number of amides is 1. The van der Waals surface area contributed by atoms with Gasteiger partial charge in [-0.05, 0) is 31.4 Å². The number of rotatable bonds is 4. The fourth-order valence-electron chi connectivity index (χ4n) is 3.91. The second kappa shape index (κ2) is 5.91. The Labute approximate surface area is 143 Å². The van der Waals surface area contributed by atoms with Crippen molar-refractivity contribution in [2.45, 2.75) is 49.3 Å². The minimum atomic E-state index is -0.951. The van der Waals surface area contributed by atoms with Crippen molar-refractivity contribution < 1.29 is 18.7 Å². The van der Waals surface area contributed by atoms with Crippen molar-refractivity contribution in [3.63, 3.8) is 0 Å². The fourth-order valence-corrected chi connectivity index (χ4v) is 3.91. The zero-order valence-electron chi connectivity index (χ0n) is 13.5. The van der Waals surface area contributed by atoms with Gasteiger partial charge in [-0.3, -0.25) is 9.48 Å². The zero-order chi connectivity index (χ0) is 17.6. The normalized spacial score (nSPS) is 27.2. The first-order valence-electron chi connectivity index (χ1n) is 8.45. The molecule has 0 unspecified atom stereocenters. The summed E-state index contributed by atoms with van der Waals surface area (Å²) in [6.07, 6.45) is 5.09. The third-order valence-electron chi connectivity index (χ3n) is 5.54. The molecule has 0 bridgehead atoms. The number of aliphatic hydroxyl groups is 1. The molecule has 1 amide bonds. The van der Waals surface area contributed by atoms with Crippen molar-refractivity contribution in [3.05, 3.63) is 53.9 Å². The van der Waals surface area contributed by atoms with Crippen molar-refractivity contribution >= 4 is 5.91 Å². The van der Waals surface area contributed by atoms with Crippen LogP contribution in [0.15, 0.2) is 36.7 Å². The van der Waals surface area contributed by atoms with Gasteiger partial charge in [0.25, 0.3) is 0 Å². The maximum Gasteiger partial charge on any atom is 0.231 e. The molecule has 1 heterocycles. The van der Waals surface area contributed by atoms with Gasteiger partial charge in [-0.15, -0.1) is 0 Å². The van der Waals surface area contributed by atoms with Gasteiger partial charge in [0.15, 0.2) is 0 Å². The second-order valence-corrected chi connectivity index (χ2v) is 6.92. The number of nitrogens with zero attached hydrogens (tertiary/aromatic N) is 2. The molecular formula is C18H19F2N3O2. The molecule has 2 aliphatic carbocycles. The van der Waals surface area contributed by atoms with E-state index >= 15 is 0 Å². The molecule has 132 valence electrons. The van der Waals surface area contributed by atoms with Crippen LogP contribution >= 0.6 is 0 Å². The van der Waals surface area contributed by atoms with Gasteiger partial charge in [0.1, 0.15) is 11.6 Å². The molecule has 0 saturated heterocycles. The van der Waals surface area contributed by atoms with Crippen LogP contribution in [0.4, 0.5) is 8.78 Å². The summed E-state index contributed by atoms with van der Waals surface area (Å²) < 4.78 is 29.1. The van der Waals surface area contributed by atoms with Crippen molar-refractivity contribution in [1.29, 1.82) is 0 Å². The van der Waals surface area contributed by atoms with Crippen LogP contribution in [0.5, 0.6) is 0 Å². The number of carbonyl (C=O) groups is 1. The van der Waals surface area contributed by atoms with Gasteiger partial charge in [-0.1, -0.05) is 12.5 Å². The summed E-state index contributed by atoms with van der Waals surface area (Å²) in [5.41, 5.74) is -0.708. The van der Waals surface area contributed by atoms with Crippen molar-refractivity contribution in [2.24, 2.45) is 0 Å². The van der Waals surface area contributed by atoms with E-state index < -0.39 is 23.2 Å². The van der Waals surface area contributed by atoms with Crippen LogP contribution in [0, 0.1) is 11.6 Å². The van der Waals surface area contributed by atoms with Crippen LogP contribution in [0.3, 0.4) is 0 Å². The van der Waals surface area contributed by atoms with Crippen LogP contribution in [0.2, 0.25) is 0 Å². The smallest absolute Gasteiger partial charge is 0.231 e. The Morgan fingerprint density at radius 1 is 1.36 bits per heavy atom. The van der Waals surface area contributed by atoms with Gasteiger partial charge in [-0.25, -0.2) is 8.78 Å². The van der Waals surface area contributed by atoms with Gasteiger partial charge < -0.3 is 10.4 Å². The Balaban J connectivity index is 1.55. The van der Waals surface area contributed by atoms with Crippen LogP contribution in [0.1, 0.15) is 37.3 Å². The lowest BCUT2D eigenvalue weighted by atomic mass is 9.63. The third-order valence-corrected chi connectivity index (χ3v) is 5.54. The second-order valence-electron chi connectivity index (χ2n) is 6.92. The number of aliphatic hydroxyl groups excluding tert-OH is 1. The molecule has 4 rings (SSSR count). The first-order chi connectivity index (χ1) is 12.0. The van der Waals surface area contributed by atoms with Gasteiger partial charge >= 0.3 is 0 Å². The number of carbonyl (C=O) groups excluding carboxylic acids is 1. The molecule has 1 aromatic carbocycles. The lowest BCUT2D eigenvalue weighted by molar-refractivity contribution is -0.133. The number of halogens is 2. The van der Waals surface area contributed by atoms with Crippen molar-refractivity contribution in [3.8, 4) is 0 Å². The molecule has 3 atom stereocenters. The van der Waals surface area contributed by atoms with E-state index in [1.165, 1.54) is 12.1 Å². The molecule has 2 saturated carbocycles. The predicted octanol–water partition coefficient (Wildman–Crippen LogP) is 2.07. The van der Waals surface area contributed by atoms with Crippen LogP contribution in [-0.4, -0.2) is 32.9 Å². The molecule has 2 aromatic rings. The molecule has 2 N–H and O–H groups in total. The summed E-state index contributed by atoms with van der Waals surface area (Å²) in [6.45, 7) is 0. The molecule has 0 radical (unpaired) electrons. The largest absolute Gasteiger partial charge is 0.391 e. The SMILES string of the molecule is O=C(N[C@H]1C[C@@H](O)[C@@H]1n1cccn1)C1(c2ccc(F)cc2F)CCC1. The number of aromatic nitrogens is 2. The van der Waals surface area contributed by atoms with E-state index in [0.29, 0.717) is 19.3 Å². The summed E-state index contributed by atoms with van der Waals surface area (Å²) in [4.78, 5) is 12.9. The van der Waals surface area contributed by atoms with E-state index in [-0.39, 0.29) is 23.6 Å². The topological polar surface area (TPSA) is 67.2 Å². The molecule has 1 aromatic heterocycles. The van der Waals surface area contributed by atoms with Crippen molar-refractivity contribution in [1.82, 2.24) is 15.1 Å². The van der Waals surface area contributed by atoms with E-state index in [2.05, 4.69) is 10.4 Å². The molecule has 25 heavy (non-hydrogen) atoms. The molecule has 2 fully saturated rings. The minimum absolute atomic E-state index is 0.244. The number of hydrogen-bond acceptors (Lipinski definition) is 3. The lowest BCUT2D eigenvalue weighted by Crippen LogP contribution is -2.60. The summed E-state index contributed by atoms with van der Waals surface area (Å²) in [7, 11) is 0. The average molecular weight is 347 g/mol. The molecular weight excluding hydrogens is 328 g/mol. The minimum Gasteiger partial charge on any atom is -0.391 e. The van der Waals surface area contributed by atoms with E-state index in [1.54, 1.807) is 23.1 Å². The van der Waals surface area contributed by atoms with Gasteiger partial charge in [0.05, 0.1) is 23.6 Å². The zero-order valence-corrected chi connectivity index (χ0v) is 13.5. The van der Waals surface area contributed by atoms with Crippen LogP contribution in [0.25, 0.3) is 0 Å². The summed E-state index contributed by atoms with van der Waals surface area (Å²) in [5, 5.41) is 17.1. The maximum atomic E-state index is 14.2. The third kappa shape index (κ3) is 2.54. The first-order valence-corrected chi connectivity index (χ1v) is 8.45. The molecule has 0 spiro atoms. The highest BCUT2D eigenvalue weighted by Crippen LogP contribution is 2.46. The van der Waals surface area contributed by atoms with E-state index in [0.717, 1.165) is 12.5 Å². The van der Waals surface area contributed by atoms with Gasteiger partial charge in [0.2, 0.25) is 5.91 Å². The number of nitrogens with one attached hydrogen (secondary N) is 1. The molecule has 7 heteroatoms. The van der Waals surface area contributed by atoms with E-state index in [1.807, 2.05) is 0 Å². The highest BCUT2D eigenvalue weighted by atomic mass is 19.1. The van der Waals surface area contributed by atoms with E-state index in [9.17, 15) is 18.7 Å². The highest BCUT2D eigenvalue weighted by Gasteiger charge is 2.50. The average Bonchev–Trinajstić information content (AvgIpc) is 3.01. The highest BCUT2D eigenvalue weighted by molar-refractivity contribution is 5.89. The Morgan fingerprint density at radius 3 is 2.72 bits per heavy atom. The Morgan fingerprint density at radius 2 is 2.16 bits per heavy atom. The van der Waals surface area contributed by atoms with Crippen LogP contribution in [-0.2, 0) is 10.2 Å². The monoisotopic (exact) mass is 347 g/mol. The lowest BCUT2D eigenvalue weighted by Gasteiger charge is -2.46. The maximum absolute atomic E-state index is 14.2. The summed E-state index contributed by atoms with van der Waals surface area (Å²) >= 11 is 0. The predicted molar refractivity (Wildman–Crippen MR) is 85.7 cm³/mol.